The molecular formula is C16H25N3O2. The first-order chi connectivity index (χ1) is 10.1. The molecule has 1 aliphatic rings. The Bertz CT molecular complexity index is 468. The maximum Gasteiger partial charge on any atom is 0.223 e. The van der Waals surface area contributed by atoms with Crippen LogP contribution in [-0.4, -0.2) is 23.0 Å². The monoisotopic (exact) mass is 291 g/mol. The molecule has 1 fully saturated rings. The highest BCUT2D eigenvalue weighted by Gasteiger charge is 2.24. The Hall–Kier alpha value is -1.62. The molecule has 2 rings (SSSR count). The molecular weight excluding hydrogens is 266 g/mol. The molecule has 5 heteroatoms. The predicted octanol–water partition coefficient (Wildman–Crippen LogP) is 2.00. The van der Waals surface area contributed by atoms with Crippen LogP contribution in [0.15, 0.2) is 18.3 Å². The maximum absolute atomic E-state index is 12.2. The van der Waals surface area contributed by atoms with E-state index in [2.05, 4.69) is 10.3 Å². The fourth-order valence-electron chi connectivity index (χ4n) is 2.60. The van der Waals surface area contributed by atoms with Gasteiger partial charge in [-0.2, -0.15) is 0 Å². The van der Waals surface area contributed by atoms with Crippen LogP contribution in [0, 0.1) is 5.92 Å². The van der Waals surface area contributed by atoms with Crippen molar-refractivity contribution in [2.75, 3.05) is 0 Å². The summed E-state index contributed by atoms with van der Waals surface area (Å²) in [5, 5.41) is 3.00. The Balaban J connectivity index is 1.89. The fraction of sp³-hybridized carbons (Fsp3) is 0.625. The van der Waals surface area contributed by atoms with Crippen molar-refractivity contribution in [3.63, 3.8) is 0 Å². The van der Waals surface area contributed by atoms with Gasteiger partial charge < -0.3 is 15.8 Å². The molecule has 21 heavy (non-hydrogen) atoms. The third kappa shape index (κ3) is 4.70. The van der Waals surface area contributed by atoms with Crippen LogP contribution >= 0.6 is 0 Å². The van der Waals surface area contributed by atoms with E-state index in [4.69, 9.17) is 10.5 Å². The van der Waals surface area contributed by atoms with Crippen LogP contribution < -0.4 is 15.8 Å². The van der Waals surface area contributed by atoms with Crippen LogP contribution in [0.4, 0.5) is 0 Å². The van der Waals surface area contributed by atoms with Crippen LogP contribution in [0.1, 0.15) is 45.1 Å². The van der Waals surface area contributed by atoms with Crippen molar-refractivity contribution in [3.05, 3.63) is 23.9 Å². The molecule has 0 aromatic carbocycles. The highest BCUT2D eigenvalue weighted by Crippen LogP contribution is 2.23. The van der Waals surface area contributed by atoms with E-state index in [9.17, 15) is 4.79 Å². The molecule has 1 amide bonds. The number of nitrogens with one attached hydrogen (secondary N) is 1. The van der Waals surface area contributed by atoms with E-state index >= 15 is 0 Å². The SMILES string of the molecule is CC(C)Oc1ncccc1CNC(=O)C1CCC(N)CC1. The number of carbonyl (C=O) groups excluding carboxylic acids is 1. The predicted molar refractivity (Wildman–Crippen MR) is 81.8 cm³/mol. The molecule has 1 aromatic heterocycles. The zero-order valence-corrected chi connectivity index (χ0v) is 12.8. The Labute approximate surface area is 126 Å². The number of ether oxygens (including phenoxy) is 1. The van der Waals surface area contributed by atoms with Crippen molar-refractivity contribution in [2.24, 2.45) is 11.7 Å². The number of pyridine rings is 1. The van der Waals surface area contributed by atoms with Gasteiger partial charge in [-0.15, -0.1) is 0 Å². The van der Waals surface area contributed by atoms with Crippen LogP contribution in [0.5, 0.6) is 5.88 Å². The second-order valence-corrected chi connectivity index (χ2v) is 5.96. The number of hydrogen-bond donors (Lipinski definition) is 2. The standard InChI is InChI=1S/C16H25N3O2/c1-11(2)21-16-13(4-3-9-18-16)10-19-15(20)12-5-7-14(17)8-6-12/h3-4,9,11-12,14H,5-8,10,17H2,1-2H3,(H,19,20). The van der Waals surface area contributed by atoms with Crippen LogP contribution in [-0.2, 0) is 11.3 Å². The van der Waals surface area contributed by atoms with Crippen molar-refractivity contribution >= 4 is 5.91 Å². The maximum atomic E-state index is 12.2. The molecule has 1 aromatic rings. The number of amides is 1. The molecule has 3 N–H and O–H groups in total. The van der Waals surface area contributed by atoms with Gasteiger partial charge in [-0.25, -0.2) is 4.98 Å². The minimum atomic E-state index is 0.0641. The zero-order valence-electron chi connectivity index (χ0n) is 12.8. The first-order valence-corrected chi connectivity index (χ1v) is 7.70. The summed E-state index contributed by atoms with van der Waals surface area (Å²) >= 11 is 0. The lowest BCUT2D eigenvalue weighted by Gasteiger charge is -2.25. The second kappa shape index (κ2) is 7.41. The average Bonchev–Trinajstić information content (AvgIpc) is 2.46. The normalized spacial score (nSPS) is 22.1. The minimum Gasteiger partial charge on any atom is -0.475 e. The largest absolute Gasteiger partial charge is 0.475 e. The third-order valence-electron chi connectivity index (χ3n) is 3.79. The summed E-state index contributed by atoms with van der Waals surface area (Å²) in [6, 6.07) is 4.05. The summed E-state index contributed by atoms with van der Waals surface area (Å²) in [6.07, 6.45) is 5.41. The fourth-order valence-corrected chi connectivity index (χ4v) is 2.60. The van der Waals surface area contributed by atoms with Crippen molar-refractivity contribution in [3.8, 4) is 5.88 Å². The number of rotatable bonds is 5. The van der Waals surface area contributed by atoms with Crippen molar-refractivity contribution < 1.29 is 9.53 Å². The van der Waals surface area contributed by atoms with E-state index < -0.39 is 0 Å². The molecule has 0 aliphatic heterocycles. The zero-order chi connectivity index (χ0) is 15.2. The number of aromatic nitrogens is 1. The molecule has 1 aliphatic carbocycles. The Morgan fingerprint density at radius 3 is 2.81 bits per heavy atom. The summed E-state index contributed by atoms with van der Waals surface area (Å²) in [4.78, 5) is 16.4. The quantitative estimate of drug-likeness (QED) is 0.870. The van der Waals surface area contributed by atoms with E-state index in [0.29, 0.717) is 12.4 Å². The molecule has 0 saturated heterocycles. The first-order valence-electron chi connectivity index (χ1n) is 7.70. The van der Waals surface area contributed by atoms with Gasteiger partial charge in [-0.1, -0.05) is 6.07 Å². The van der Waals surface area contributed by atoms with Gasteiger partial charge >= 0.3 is 0 Å². The first kappa shape index (κ1) is 15.8. The van der Waals surface area contributed by atoms with Gasteiger partial charge in [0.1, 0.15) is 0 Å². The van der Waals surface area contributed by atoms with Crippen LogP contribution in [0.25, 0.3) is 0 Å². The topological polar surface area (TPSA) is 77.2 Å². The van der Waals surface area contributed by atoms with Gasteiger partial charge in [-0.05, 0) is 45.6 Å². The lowest BCUT2D eigenvalue weighted by molar-refractivity contribution is -0.126. The van der Waals surface area contributed by atoms with Gasteiger partial charge in [0.25, 0.3) is 0 Å². The summed E-state index contributed by atoms with van der Waals surface area (Å²) in [7, 11) is 0. The van der Waals surface area contributed by atoms with Crippen LogP contribution in [0.2, 0.25) is 0 Å². The highest BCUT2D eigenvalue weighted by molar-refractivity contribution is 5.78. The number of carbonyl (C=O) groups is 1. The summed E-state index contributed by atoms with van der Waals surface area (Å²) in [6.45, 7) is 4.38. The Kier molecular flexibility index (Phi) is 5.56. The van der Waals surface area contributed by atoms with Gasteiger partial charge in [0, 0.05) is 30.3 Å². The molecule has 1 heterocycles. The molecule has 0 spiro atoms. The Morgan fingerprint density at radius 2 is 2.14 bits per heavy atom. The summed E-state index contributed by atoms with van der Waals surface area (Å²) in [5.74, 6) is 0.802. The lowest BCUT2D eigenvalue weighted by Crippen LogP contribution is -2.36. The van der Waals surface area contributed by atoms with E-state index in [1.54, 1.807) is 6.20 Å². The van der Waals surface area contributed by atoms with E-state index in [1.807, 2.05) is 26.0 Å². The summed E-state index contributed by atoms with van der Waals surface area (Å²) < 4.78 is 5.66. The molecule has 116 valence electrons. The van der Waals surface area contributed by atoms with E-state index in [0.717, 1.165) is 31.2 Å². The van der Waals surface area contributed by atoms with Crippen molar-refractivity contribution in [1.82, 2.24) is 10.3 Å². The molecule has 1 saturated carbocycles. The van der Waals surface area contributed by atoms with E-state index in [1.165, 1.54) is 0 Å². The number of nitrogens with two attached hydrogens (primary N) is 1. The van der Waals surface area contributed by atoms with Gasteiger partial charge in [-0.3, -0.25) is 4.79 Å². The van der Waals surface area contributed by atoms with Gasteiger partial charge in [0.15, 0.2) is 0 Å². The smallest absolute Gasteiger partial charge is 0.223 e. The van der Waals surface area contributed by atoms with Crippen LogP contribution in [0.3, 0.4) is 0 Å². The second-order valence-electron chi connectivity index (χ2n) is 5.96. The third-order valence-corrected chi connectivity index (χ3v) is 3.79. The van der Waals surface area contributed by atoms with Gasteiger partial charge in [0.2, 0.25) is 11.8 Å². The Morgan fingerprint density at radius 1 is 1.43 bits per heavy atom. The van der Waals surface area contributed by atoms with Gasteiger partial charge in [0.05, 0.1) is 6.10 Å². The van der Waals surface area contributed by atoms with E-state index in [-0.39, 0.29) is 24.0 Å². The summed E-state index contributed by atoms with van der Waals surface area (Å²) in [5.41, 5.74) is 6.78. The van der Waals surface area contributed by atoms with Crippen molar-refractivity contribution in [1.29, 1.82) is 0 Å². The molecule has 0 bridgehead atoms. The molecule has 0 atom stereocenters. The minimum absolute atomic E-state index is 0.0641. The number of hydrogen-bond acceptors (Lipinski definition) is 4. The highest BCUT2D eigenvalue weighted by atomic mass is 16.5. The number of nitrogens with zero attached hydrogens (tertiary/aromatic N) is 1. The van der Waals surface area contributed by atoms with Crippen molar-refractivity contribution in [2.45, 2.75) is 58.2 Å². The molecule has 0 unspecified atom stereocenters. The molecule has 5 nitrogen and oxygen atoms in total. The lowest BCUT2D eigenvalue weighted by atomic mass is 9.86. The molecule has 0 radical (unpaired) electrons. The average molecular weight is 291 g/mol.